The van der Waals surface area contributed by atoms with E-state index in [0.29, 0.717) is 24.7 Å². The third kappa shape index (κ3) is 4.29. The zero-order valence-electron chi connectivity index (χ0n) is 13.4. The maximum atomic E-state index is 9.78. The van der Waals surface area contributed by atoms with Crippen molar-refractivity contribution in [2.75, 3.05) is 6.54 Å². The quantitative estimate of drug-likeness (QED) is 0.782. The third-order valence-electron chi connectivity index (χ3n) is 3.44. The lowest BCUT2D eigenvalue weighted by Crippen LogP contribution is -2.26. The molecule has 2 heterocycles. The fourth-order valence-corrected chi connectivity index (χ4v) is 2.33. The number of hydrogen-bond donors (Lipinski definition) is 2. The fraction of sp³-hybridized carbons (Fsp3) is 0.500. The summed E-state index contributed by atoms with van der Waals surface area (Å²) in [5, 5.41) is 17.5. The molecule has 2 aromatic heterocycles. The summed E-state index contributed by atoms with van der Waals surface area (Å²) in [6.45, 7) is 5.19. The van der Waals surface area contributed by atoms with Crippen LogP contribution in [0.5, 0.6) is 11.6 Å². The minimum Gasteiger partial charge on any atom is -0.437 e. The molecule has 120 valence electrons. The zero-order chi connectivity index (χ0) is 15.9. The predicted molar refractivity (Wildman–Crippen MR) is 84.9 cm³/mol. The van der Waals surface area contributed by atoms with Crippen LogP contribution in [0.1, 0.15) is 31.0 Å². The van der Waals surface area contributed by atoms with Crippen LogP contribution in [0.2, 0.25) is 0 Å². The van der Waals surface area contributed by atoms with Gasteiger partial charge in [-0.3, -0.25) is 4.98 Å². The van der Waals surface area contributed by atoms with Gasteiger partial charge in [0.1, 0.15) is 5.75 Å². The number of pyridine rings is 1. The van der Waals surface area contributed by atoms with E-state index in [-0.39, 0.29) is 6.10 Å². The van der Waals surface area contributed by atoms with E-state index in [4.69, 9.17) is 4.74 Å². The Morgan fingerprint density at radius 2 is 2.27 bits per heavy atom. The van der Waals surface area contributed by atoms with E-state index in [1.807, 2.05) is 26.1 Å². The van der Waals surface area contributed by atoms with Gasteiger partial charge in [-0.15, -0.1) is 0 Å². The minimum absolute atomic E-state index is 0.315. The summed E-state index contributed by atoms with van der Waals surface area (Å²) in [6.07, 6.45) is 4.84. The maximum Gasteiger partial charge on any atom is 0.222 e. The molecule has 0 spiro atoms. The molecular weight excluding hydrogens is 280 g/mol. The number of aliphatic hydroxyl groups is 1. The van der Waals surface area contributed by atoms with Crippen molar-refractivity contribution in [3.05, 3.63) is 35.8 Å². The van der Waals surface area contributed by atoms with Gasteiger partial charge in [0.05, 0.1) is 23.6 Å². The van der Waals surface area contributed by atoms with E-state index < -0.39 is 0 Å². The van der Waals surface area contributed by atoms with Gasteiger partial charge >= 0.3 is 0 Å². The third-order valence-corrected chi connectivity index (χ3v) is 3.44. The standard InChI is InChI=1S/C16H24N4O2/c1-4-6-13(21)9-18-11-15-12(2)19-20(3)16(15)22-14-7-5-8-17-10-14/h5,7-8,10,13,18,21H,4,6,9,11H2,1-3H3. The van der Waals surface area contributed by atoms with Gasteiger partial charge in [-0.25, -0.2) is 4.68 Å². The smallest absolute Gasteiger partial charge is 0.222 e. The Morgan fingerprint density at radius 1 is 1.45 bits per heavy atom. The second kappa shape index (κ2) is 7.91. The van der Waals surface area contributed by atoms with Crippen molar-refractivity contribution in [3.63, 3.8) is 0 Å². The van der Waals surface area contributed by atoms with Gasteiger partial charge in [0.2, 0.25) is 5.88 Å². The monoisotopic (exact) mass is 304 g/mol. The Kier molecular flexibility index (Phi) is 5.91. The molecule has 0 aliphatic carbocycles. The van der Waals surface area contributed by atoms with Gasteiger partial charge in [0.25, 0.3) is 0 Å². The number of aliphatic hydroxyl groups excluding tert-OH is 1. The SMILES string of the molecule is CCCC(O)CNCc1c(C)nn(C)c1Oc1cccnc1. The molecule has 1 unspecified atom stereocenters. The number of nitrogens with one attached hydrogen (secondary N) is 1. The lowest BCUT2D eigenvalue weighted by Gasteiger charge is -2.12. The number of nitrogens with zero attached hydrogens (tertiary/aromatic N) is 3. The molecule has 6 heteroatoms. The van der Waals surface area contributed by atoms with E-state index in [2.05, 4.69) is 22.3 Å². The van der Waals surface area contributed by atoms with Crippen molar-refractivity contribution < 1.29 is 9.84 Å². The fourth-order valence-electron chi connectivity index (χ4n) is 2.33. The molecule has 0 fully saturated rings. The van der Waals surface area contributed by atoms with Crippen LogP contribution in [0, 0.1) is 6.92 Å². The molecule has 0 bridgehead atoms. The lowest BCUT2D eigenvalue weighted by molar-refractivity contribution is 0.160. The van der Waals surface area contributed by atoms with Crippen LogP contribution < -0.4 is 10.1 Å². The first-order valence-electron chi connectivity index (χ1n) is 7.61. The molecule has 1 atom stereocenters. The predicted octanol–water partition coefficient (Wildman–Crippen LogP) is 2.17. The van der Waals surface area contributed by atoms with Gasteiger partial charge in [-0.05, 0) is 25.5 Å². The molecule has 0 radical (unpaired) electrons. The van der Waals surface area contributed by atoms with Crippen LogP contribution >= 0.6 is 0 Å². The van der Waals surface area contributed by atoms with E-state index in [9.17, 15) is 5.11 Å². The van der Waals surface area contributed by atoms with Crippen molar-refractivity contribution in [2.45, 2.75) is 39.3 Å². The summed E-state index contributed by atoms with van der Waals surface area (Å²) in [5.74, 6) is 1.38. The maximum absolute atomic E-state index is 9.78. The molecule has 0 aliphatic heterocycles. The highest BCUT2D eigenvalue weighted by atomic mass is 16.5. The van der Waals surface area contributed by atoms with Gasteiger partial charge < -0.3 is 15.2 Å². The molecule has 0 aromatic carbocycles. The molecule has 6 nitrogen and oxygen atoms in total. The summed E-state index contributed by atoms with van der Waals surface area (Å²) in [6, 6.07) is 3.69. The highest BCUT2D eigenvalue weighted by Crippen LogP contribution is 2.26. The average Bonchev–Trinajstić information content (AvgIpc) is 2.75. The van der Waals surface area contributed by atoms with Crippen molar-refractivity contribution in [1.29, 1.82) is 0 Å². The Balaban J connectivity index is 2.04. The Bertz CT molecular complexity index is 583. The van der Waals surface area contributed by atoms with Crippen LogP contribution in [0.25, 0.3) is 0 Å². The molecule has 22 heavy (non-hydrogen) atoms. The first kappa shape index (κ1) is 16.5. The lowest BCUT2D eigenvalue weighted by atomic mass is 10.2. The summed E-state index contributed by atoms with van der Waals surface area (Å²) in [5.41, 5.74) is 1.91. The normalized spacial score (nSPS) is 12.4. The molecule has 0 saturated carbocycles. The Hall–Kier alpha value is -1.92. The molecule has 0 saturated heterocycles. The number of ether oxygens (including phenoxy) is 1. The van der Waals surface area contributed by atoms with Gasteiger partial charge in [0, 0.05) is 26.3 Å². The van der Waals surface area contributed by atoms with Crippen LogP contribution in [0.15, 0.2) is 24.5 Å². The first-order valence-corrected chi connectivity index (χ1v) is 7.61. The number of rotatable bonds is 8. The van der Waals surface area contributed by atoms with E-state index >= 15 is 0 Å². The van der Waals surface area contributed by atoms with Crippen molar-refractivity contribution in [3.8, 4) is 11.6 Å². The molecule has 0 amide bonds. The van der Waals surface area contributed by atoms with E-state index in [1.54, 1.807) is 17.1 Å². The van der Waals surface area contributed by atoms with Crippen LogP contribution in [-0.2, 0) is 13.6 Å². The summed E-state index contributed by atoms with van der Waals surface area (Å²) >= 11 is 0. The molecule has 2 N–H and O–H groups in total. The zero-order valence-corrected chi connectivity index (χ0v) is 13.4. The van der Waals surface area contributed by atoms with Crippen molar-refractivity contribution >= 4 is 0 Å². The van der Waals surface area contributed by atoms with Crippen molar-refractivity contribution in [2.24, 2.45) is 7.05 Å². The molecular formula is C16H24N4O2. The van der Waals surface area contributed by atoms with Crippen molar-refractivity contribution in [1.82, 2.24) is 20.1 Å². The van der Waals surface area contributed by atoms with Gasteiger partial charge in [-0.1, -0.05) is 13.3 Å². The molecule has 2 rings (SSSR count). The van der Waals surface area contributed by atoms with Gasteiger partial charge in [0.15, 0.2) is 0 Å². The highest BCUT2D eigenvalue weighted by Gasteiger charge is 2.15. The topological polar surface area (TPSA) is 72.2 Å². The summed E-state index contributed by atoms with van der Waals surface area (Å²) in [7, 11) is 1.86. The molecule has 0 aliphatic rings. The Morgan fingerprint density at radius 3 is 2.95 bits per heavy atom. The summed E-state index contributed by atoms with van der Waals surface area (Å²) < 4.78 is 7.63. The minimum atomic E-state index is -0.315. The second-order valence-corrected chi connectivity index (χ2v) is 5.36. The van der Waals surface area contributed by atoms with Gasteiger partial charge in [-0.2, -0.15) is 5.10 Å². The van der Waals surface area contributed by atoms with Crippen LogP contribution in [0.4, 0.5) is 0 Å². The van der Waals surface area contributed by atoms with E-state index in [0.717, 1.165) is 24.1 Å². The number of aromatic nitrogens is 3. The Labute approximate surface area is 131 Å². The largest absolute Gasteiger partial charge is 0.437 e. The van der Waals surface area contributed by atoms with E-state index in [1.165, 1.54) is 0 Å². The number of aryl methyl sites for hydroxylation is 2. The first-order chi connectivity index (χ1) is 10.6. The number of hydrogen-bond acceptors (Lipinski definition) is 5. The second-order valence-electron chi connectivity index (χ2n) is 5.36. The highest BCUT2D eigenvalue weighted by molar-refractivity contribution is 5.34. The van der Waals surface area contributed by atoms with Crippen LogP contribution in [0.3, 0.4) is 0 Å². The van der Waals surface area contributed by atoms with Crippen LogP contribution in [-0.4, -0.2) is 32.5 Å². The summed E-state index contributed by atoms with van der Waals surface area (Å²) in [4.78, 5) is 4.05. The molecule has 2 aromatic rings. The average molecular weight is 304 g/mol.